The van der Waals surface area contributed by atoms with Crippen molar-refractivity contribution in [3.63, 3.8) is 0 Å². The highest BCUT2D eigenvalue weighted by Gasteiger charge is 2.26. The predicted molar refractivity (Wildman–Crippen MR) is 133 cm³/mol. The van der Waals surface area contributed by atoms with Crippen LogP contribution < -0.4 is 4.74 Å². The third kappa shape index (κ3) is 4.47. The molecule has 5 rings (SSSR count). The van der Waals surface area contributed by atoms with Crippen LogP contribution in [0.5, 0.6) is 5.75 Å². The number of aromatic nitrogens is 4. The van der Waals surface area contributed by atoms with E-state index in [0.29, 0.717) is 29.7 Å². The fourth-order valence-corrected chi connectivity index (χ4v) is 5.49. The number of nitrogens with zero attached hydrogens (tertiary/aromatic N) is 4. The summed E-state index contributed by atoms with van der Waals surface area (Å²) in [7, 11) is 1.65. The number of pyridine rings is 1. The number of aromatic amines is 1. The maximum absolute atomic E-state index is 10.7. The second-order valence-electron chi connectivity index (χ2n) is 9.46. The second-order valence-corrected chi connectivity index (χ2v) is 10.5. The lowest BCUT2D eigenvalue weighted by molar-refractivity contribution is 0.101. The maximum Gasteiger partial charge on any atom is 0.197 e. The Kier molecular flexibility index (Phi) is 6.42. The Hall–Kier alpha value is -2.75. The summed E-state index contributed by atoms with van der Waals surface area (Å²) in [6.07, 6.45) is 5.28. The van der Waals surface area contributed by atoms with Crippen molar-refractivity contribution in [1.29, 1.82) is 0 Å². The van der Waals surface area contributed by atoms with Crippen LogP contribution in [0.3, 0.4) is 0 Å². The SMILES string of the molecule is COc1cc(-c2[nH]c3ccc(CC4CN(CCCS(=O)[O-])C4)cc3c2C(C)C)cn2ncnc12. The molecule has 1 aromatic carbocycles. The third-order valence-electron chi connectivity index (χ3n) is 6.67. The van der Waals surface area contributed by atoms with Gasteiger partial charge in [0.05, 0.1) is 12.8 Å². The monoisotopic (exact) mass is 480 g/mol. The van der Waals surface area contributed by atoms with Crippen LogP contribution in [0.4, 0.5) is 0 Å². The Labute approximate surface area is 201 Å². The molecule has 1 atom stereocenters. The molecule has 4 aromatic rings. The van der Waals surface area contributed by atoms with Crippen molar-refractivity contribution >= 4 is 27.6 Å². The lowest BCUT2D eigenvalue weighted by Gasteiger charge is -2.39. The smallest absolute Gasteiger partial charge is 0.197 e. The van der Waals surface area contributed by atoms with Crippen molar-refractivity contribution in [2.45, 2.75) is 32.6 Å². The van der Waals surface area contributed by atoms with Gasteiger partial charge in [0.1, 0.15) is 6.33 Å². The highest BCUT2D eigenvalue weighted by atomic mass is 32.2. The zero-order valence-electron chi connectivity index (χ0n) is 19.8. The van der Waals surface area contributed by atoms with Crippen LogP contribution in [-0.4, -0.2) is 65.7 Å². The number of ether oxygens (including phenoxy) is 1. The molecule has 1 unspecified atom stereocenters. The zero-order chi connectivity index (χ0) is 23.8. The largest absolute Gasteiger partial charge is 0.772 e. The Morgan fingerprint density at radius 3 is 2.85 bits per heavy atom. The van der Waals surface area contributed by atoms with Crippen molar-refractivity contribution in [1.82, 2.24) is 24.5 Å². The fourth-order valence-electron chi connectivity index (χ4n) is 5.12. The molecule has 0 bridgehead atoms. The maximum atomic E-state index is 10.7. The molecule has 34 heavy (non-hydrogen) atoms. The van der Waals surface area contributed by atoms with E-state index in [2.05, 4.69) is 52.0 Å². The first kappa shape index (κ1) is 23.0. The van der Waals surface area contributed by atoms with Crippen LogP contribution in [0.2, 0.25) is 0 Å². The minimum atomic E-state index is -1.93. The topological polar surface area (TPSA) is 98.6 Å². The van der Waals surface area contributed by atoms with Crippen LogP contribution >= 0.6 is 0 Å². The van der Waals surface area contributed by atoms with E-state index in [1.165, 1.54) is 22.8 Å². The molecule has 1 saturated heterocycles. The Morgan fingerprint density at radius 2 is 2.12 bits per heavy atom. The number of likely N-dealkylation sites (tertiary alicyclic amines) is 1. The fraction of sp³-hybridized carbons (Fsp3) is 0.440. The summed E-state index contributed by atoms with van der Waals surface area (Å²) in [5.41, 5.74) is 6.56. The molecule has 1 fully saturated rings. The molecule has 1 aliphatic rings. The minimum Gasteiger partial charge on any atom is -0.772 e. The molecule has 0 saturated carbocycles. The minimum absolute atomic E-state index is 0.251. The molecule has 0 amide bonds. The average molecular weight is 481 g/mol. The van der Waals surface area contributed by atoms with Gasteiger partial charge in [0.25, 0.3) is 0 Å². The lowest BCUT2D eigenvalue weighted by atomic mass is 9.90. The Morgan fingerprint density at radius 1 is 1.29 bits per heavy atom. The summed E-state index contributed by atoms with van der Waals surface area (Å²) >= 11 is -1.93. The van der Waals surface area contributed by atoms with Gasteiger partial charge in [-0.05, 0) is 60.5 Å². The summed E-state index contributed by atoms with van der Waals surface area (Å²) in [5.74, 6) is 1.90. The van der Waals surface area contributed by atoms with Crippen LogP contribution in [0.15, 0.2) is 36.8 Å². The van der Waals surface area contributed by atoms with Gasteiger partial charge in [-0.15, -0.1) is 0 Å². The summed E-state index contributed by atoms with van der Waals surface area (Å²) in [5, 5.41) is 5.57. The first-order valence-corrected chi connectivity index (χ1v) is 13.0. The average Bonchev–Trinajstić information content (AvgIpc) is 3.40. The van der Waals surface area contributed by atoms with Crippen LogP contribution in [0, 0.1) is 5.92 Å². The number of fused-ring (bicyclic) bond motifs is 2. The van der Waals surface area contributed by atoms with Gasteiger partial charge in [0.2, 0.25) is 0 Å². The van der Waals surface area contributed by atoms with Gasteiger partial charge in [-0.3, -0.25) is 4.21 Å². The molecule has 3 aromatic heterocycles. The van der Waals surface area contributed by atoms with Gasteiger partial charge in [0, 0.05) is 41.5 Å². The van der Waals surface area contributed by atoms with E-state index >= 15 is 0 Å². The molecular weight excluding hydrogens is 450 g/mol. The van der Waals surface area contributed by atoms with Gasteiger partial charge in [0.15, 0.2) is 11.4 Å². The number of nitrogens with one attached hydrogen (secondary N) is 1. The van der Waals surface area contributed by atoms with E-state index in [0.717, 1.165) is 42.8 Å². The van der Waals surface area contributed by atoms with Gasteiger partial charge in [-0.2, -0.15) is 5.10 Å². The normalized spacial score (nSPS) is 15.9. The van der Waals surface area contributed by atoms with E-state index < -0.39 is 11.1 Å². The standard InChI is InChI=1S/C25H31N5O3S/c1-16(2)23-20-10-17(9-18-12-29(13-18)7-4-8-34(31)32)5-6-21(20)28-24(23)19-11-22(33-3)25-26-15-27-30(25)14-19/h5-6,10-11,14-16,18,28H,4,7-9,12-13H2,1-3H3,(H,31,32)/p-1. The summed E-state index contributed by atoms with van der Waals surface area (Å²) < 4.78 is 28.8. The van der Waals surface area contributed by atoms with Crippen LogP contribution in [0.1, 0.15) is 37.3 Å². The second kappa shape index (κ2) is 9.48. The number of benzene rings is 1. The van der Waals surface area contributed by atoms with Crippen molar-refractivity contribution in [2.75, 3.05) is 32.5 Å². The van der Waals surface area contributed by atoms with E-state index in [-0.39, 0.29) is 5.75 Å². The van der Waals surface area contributed by atoms with Crippen LogP contribution in [0.25, 0.3) is 27.8 Å². The first-order chi connectivity index (χ1) is 16.4. The van der Waals surface area contributed by atoms with Gasteiger partial charge in [-0.25, -0.2) is 9.50 Å². The summed E-state index contributed by atoms with van der Waals surface area (Å²) in [6.45, 7) is 7.39. The molecule has 8 nitrogen and oxygen atoms in total. The van der Waals surface area contributed by atoms with Crippen molar-refractivity contribution in [3.8, 4) is 17.0 Å². The van der Waals surface area contributed by atoms with Gasteiger partial charge >= 0.3 is 0 Å². The molecule has 0 radical (unpaired) electrons. The molecule has 9 heteroatoms. The van der Waals surface area contributed by atoms with E-state index in [9.17, 15) is 8.76 Å². The van der Waals surface area contributed by atoms with Gasteiger partial charge < -0.3 is 19.2 Å². The molecule has 1 N–H and O–H groups in total. The zero-order valence-corrected chi connectivity index (χ0v) is 20.6. The van der Waals surface area contributed by atoms with Gasteiger partial charge in [-0.1, -0.05) is 31.0 Å². The summed E-state index contributed by atoms with van der Waals surface area (Å²) in [4.78, 5) is 10.3. The number of rotatable bonds is 9. The van der Waals surface area contributed by atoms with Crippen molar-refractivity contribution in [3.05, 3.63) is 47.9 Å². The molecule has 4 heterocycles. The molecule has 0 spiro atoms. The quantitative estimate of drug-likeness (QED) is 0.366. The molecular formula is C25H30N5O3S-. The first-order valence-electron chi connectivity index (χ1n) is 11.7. The Bertz CT molecular complexity index is 1340. The van der Waals surface area contributed by atoms with Crippen molar-refractivity contribution < 1.29 is 13.5 Å². The van der Waals surface area contributed by atoms with E-state index in [1.807, 2.05) is 12.3 Å². The third-order valence-corrected chi connectivity index (χ3v) is 7.30. The van der Waals surface area contributed by atoms with E-state index in [1.54, 1.807) is 11.6 Å². The highest BCUT2D eigenvalue weighted by Crippen LogP contribution is 2.38. The number of methoxy groups -OCH3 is 1. The summed E-state index contributed by atoms with van der Waals surface area (Å²) in [6, 6.07) is 8.76. The van der Waals surface area contributed by atoms with Crippen LogP contribution in [-0.2, 0) is 17.5 Å². The van der Waals surface area contributed by atoms with E-state index in [4.69, 9.17) is 4.74 Å². The Balaban J connectivity index is 1.40. The highest BCUT2D eigenvalue weighted by molar-refractivity contribution is 7.79. The predicted octanol–water partition coefficient (Wildman–Crippen LogP) is 3.75. The molecule has 1 aliphatic heterocycles. The molecule has 180 valence electrons. The number of H-pyrrole nitrogens is 1. The number of hydrogen-bond donors (Lipinski definition) is 1. The number of hydrogen-bond acceptors (Lipinski definition) is 6. The molecule has 0 aliphatic carbocycles. The lowest BCUT2D eigenvalue weighted by Crippen LogP contribution is -2.48. The van der Waals surface area contributed by atoms with Crippen molar-refractivity contribution in [2.24, 2.45) is 5.92 Å².